The quantitative estimate of drug-likeness (QED) is 0.0261. The Morgan fingerprint density at radius 2 is 0.527 bits per heavy atom. The molecule has 0 amide bonds. The molecule has 0 aromatic heterocycles. The second-order valence-electron chi connectivity index (χ2n) is 20.6. The van der Waals surface area contributed by atoms with Gasteiger partial charge in [0.2, 0.25) is 0 Å². The fraction of sp³-hybridized carbons (Fsp3) is 0.721. The Hall–Kier alpha value is -3.67. The number of rotatable bonds is 56. The highest BCUT2D eigenvalue weighted by atomic mass is 16.6. The van der Waals surface area contributed by atoms with Crippen molar-refractivity contribution in [1.82, 2.24) is 0 Å². The summed E-state index contributed by atoms with van der Waals surface area (Å²) in [6, 6.07) is 0. The average Bonchev–Trinajstić information content (AvgIpc) is 3.40. The van der Waals surface area contributed by atoms with Gasteiger partial charge in [-0.2, -0.15) is 0 Å². The molecule has 0 aliphatic carbocycles. The third-order valence-electron chi connectivity index (χ3n) is 13.3. The number of ether oxygens (including phenoxy) is 3. The molecular weight excluding hydrogens is 913 g/mol. The summed E-state index contributed by atoms with van der Waals surface area (Å²) in [4.78, 5) is 38.2. The number of hydrogen-bond acceptors (Lipinski definition) is 6. The van der Waals surface area contributed by atoms with Crippen molar-refractivity contribution in [3.8, 4) is 0 Å². The molecule has 0 fully saturated rings. The lowest BCUT2D eigenvalue weighted by Crippen LogP contribution is -2.30. The number of hydrogen-bond donors (Lipinski definition) is 0. The average molecular weight is 1030 g/mol. The SMILES string of the molecule is CC/C=C\C/C=C\C/C=C\C/C=C\CCCCCCCCC(=O)OC(COC(=O)CCCCCCC/C=C\CCCCC)COC(=O)CCCCCCCCCCCC/C=C\C/C=C\C/C=C\CCCCCCC. The minimum atomic E-state index is -0.792. The van der Waals surface area contributed by atoms with Crippen LogP contribution in [0.15, 0.2) is 97.2 Å². The van der Waals surface area contributed by atoms with E-state index in [0.717, 1.165) is 116 Å². The van der Waals surface area contributed by atoms with Gasteiger partial charge < -0.3 is 14.2 Å². The molecule has 1 atom stereocenters. The Bertz CT molecular complexity index is 1460. The minimum absolute atomic E-state index is 0.0880. The van der Waals surface area contributed by atoms with E-state index in [2.05, 4.69) is 118 Å². The van der Waals surface area contributed by atoms with Gasteiger partial charge in [-0.3, -0.25) is 14.4 Å². The van der Waals surface area contributed by atoms with E-state index in [1.165, 1.54) is 141 Å². The van der Waals surface area contributed by atoms with Crippen LogP contribution in [0.3, 0.4) is 0 Å². The summed E-state index contributed by atoms with van der Waals surface area (Å²) in [7, 11) is 0. The molecule has 0 rings (SSSR count). The zero-order valence-electron chi connectivity index (χ0n) is 48.6. The van der Waals surface area contributed by atoms with E-state index in [0.29, 0.717) is 19.3 Å². The number of carbonyl (C=O) groups excluding carboxylic acids is 3. The lowest BCUT2D eigenvalue weighted by molar-refractivity contribution is -0.167. The summed E-state index contributed by atoms with van der Waals surface area (Å²) in [5.41, 5.74) is 0. The molecule has 0 aliphatic rings. The molecular formula is C68H116O6. The monoisotopic (exact) mass is 1030 g/mol. The zero-order valence-corrected chi connectivity index (χ0v) is 48.6. The molecule has 0 saturated carbocycles. The van der Waals surface area contributed by atoms with Gasteiger partial charge in [-0.25, -0.2) is 0 Å². The predicted octanol–water partition coefficient (Wildman–Crippen LogP) is 21.3. The lowest BCUT2D eigenvalue weighted by Gasteiger charge is -2.18. The standard InChI is InChI=1S/C68H116O6/c1-4-7-10-13-16-19-22-25-27-29-31-32-33-34-35-36-38-39-41-43-46-49-52-55-58-61-67(70)73-64-65(63-72-66(69)60-57-54-51-48-45-24-21-18-15-12-9-6-3)74-68(71)62-59-56-53-50-47-44-42-40-37-30-28-26-23-20-17-14-11-8-5-2/h8,11,17-18,20-22,25-26,28-29,31,33-34,37,40,65H,4-7,9-10,12-16,19,23-24,27,30,32,35-36,38-39,41-64H2,1-3H3/b11-8-,20-17-,21-18-,25-22-,28-26-,31-29-,34-33-,40-37-. The van der Waals surface area contributed by atoms with Crippen molar-refractivity contribution in [1.29, 1.82) is 0 Å². The first-order valence-electron chi connectivity index (χ1n) is 31.2. The van der Waals surface area contributed by atoms with Gasteiger partial charge in [-0.15, -0.1) is 0 Å². The van der Waals surface area contributed by atoms with Crippen LogP contribution in [-0.2, 0) is 28.6 Å². The van der Waals surface area contributed by atoms with Gasteiger partial charge in [-0.05, 0) is 122 Å². The Morgan fingerprint density at radius 1 is 0.284 bits per heavy atom. The first kappa shape index (κ1) is 70.3. The largest absolute Gasteiger partial charge is 0.462 e. The zero-order chi connectivity index (χ0) is 53.6. The van der Waals surface area contributed by atoms with E-state index in [4.69, 9.17) is 14.2 Å². The molecule has 74 heavy (non-hydrogen) atoms. The van der Waals surface area contributed by atoms with Gasteiger partial charge in [0.25, 0.3) is 0 Å². The Morgan fingerprint density at radius 3 is 0.865 bits per heavy atom. The van der Waals surface area contributed by atoms with Crippen LogP contribution >= 0.6 is 0 Å². The molecule has 6 heteroatoms. The van der Waals surface area contributed by atoms with Crippen molar-refractivity contribution in [2.45, 2.75) is 303 Å². The van der Waals surface area contributed by atoms with Crippen molar-refractivity contribution in [2.24, 2.45) is 0 Å². The van der Waals surface area contributed by atoms with Gasteiger partial charge in [0, 0.05) is 19.3 Å². The number of unbranched alkanes of at least 4 members (excludes halogenated alkanes) is 29. The van der Waals surface area contributed by atoms with Crippen molar-refractivity contribution < 1.29 is 28.6 Å². The van der Waals surface area contributed by atoms with E-state index in [1.807, 2.05) is 0 Å². The fourth-order valence-corrected chi connectivity index (χ4v) is 8.61. The van der Waals surface area contributed by atoms with Crippen molar-refractivity contribution >= 4 is 17.9 Å². The Balaban J connectivity index is 4.34. The second kappa shape index (κ2) is 61.9. The van der Waals surface area contributed by atoms with E-state index < -0.39 is 6.10 Å². The van der Waals surface area contributed by atoms with Crippen LogP contribution < -0.4 is 0 Å². The van der Waals surface area contributed by atoms with Gasteiger partial charge in [0.1, 0.15) is 13.2 Å². The fourth-order valence-electron chi connectivity index (χ4n) is 8.61. The van der Waals surface area contributed by atoms with Crippen molar-refractivity contribution in [3.63, 3.8) is 0 Å². The normalized spacial score (nSPS) is 12.7. The maximum atomic E-state index is 12.9. The molecule has 1 unspecified atom stereocenters. The molecule has 0 heterocycles. The smallest absolute Gasteiger partial charge is 0.306 e. The van der Waals surface area contributed by atoms with Gasteiger partial charge in [-0.1, -0.05) is 253 Å². The van der Waals surface area contributed by atoms with Crippen LogP contribution in [0.1, 0.15) is 297 Å². The molecule has 0 saturated heterocycles. The number of carbonyl (C=O) groups is 3. The van der Waals surface area contributed by atoms with Crippen LogP contribution in [0, 0.1) is 0 Å². The summed E-state index contributed by atoms with van der Waals surface area (Å²) >= 11 is 0. The predicted molar refractivity (Wildman–Crippen MR) is 320 cm³/mol. The Labute approximate surface area is 457 Å². The van der Waals surface area contributed by atoms with E-state index >= 15 is 0 Å². The lowest BCUT2D eigenvalue weighted by atomic mass is 10.1. The summed E-state index contributed by atoms with van der Waals surface area (Å²) in [6.45, 7) is 6.49. The van der Waals surface area contributed by atoms with E-state index in [-0.39, 0.29) is 31.1 Å². The highest BCUT2D eigenvalue weighted by Crippen LogP contribution is 2.15. The third kappa shape index (κ3) is 59.2. The highest BCUT2D eigenvalue weighted by Gasteiger charge is 2.19. The van der Waals surface area contributed by atoms with Crippen LogP contribution in [-0.4, -0.2) is 37.2 Å². The van der Waals surface area contributed by atoms with E-state index in [9.17, 15) is 14.4 Å². The molecule has 0 bridgehead atoms. The first-order valence-corrected chi connectivity index (χ1v) is 31.2. The Kier molecular flexibility index (Phi) is 58.8. The molecule has 424 valence electrons. The molecule has 6 nitrogen and oxygen atoms in total. The third-order valence-corrected chi connectivity index (χ3v) is 13.3. The summed E-state index contributed by atoms with van der Waals surface area (Å²) in [5, 5.41) is 0. The highest BCUT2D eigenvalue weighted by molar-refractivity contribution is 5.71. The summed E-state index contributed by atoms with van der Waals surface area (Å²) in [6.07, 6.45) is 82.6. The number of esters is 3. The van der Waals surface area contributed by atoms with Crippen LogP contribution in [0.5, 0.6) is 0 Å². The number of allylic oxidation sites excluding steroid dienone is 16. The second-order valence-corrected chi connectivity index (χ2v) is 20.6. The molecule has 0 aromatic carbocycles. The van der Waals surface area contributed by atoms with E-state index in [1.54, 1.807) is 0 Å². The van der Waals surface area contributed by atoms with Crippen LogP contribution in [0.25, 0.3) is 0 Å². The van der Waals surface area contributed by atoms with Crippen molar-refractivity contribution in [2.75, 3.05) is 13.2 Å². The van der Waals surface area contributed by atoms with Gasteiger partial charge >= 0.3 is 17.9 Å². The molecule has 0 spiro atoms. The maximum absolute atomic E-state index is 12.9. The summed E-state index contributed by atoms with van der Waals surface area (Å²) in [5.74, 6) is -0.909. The van der Waals surface area contributed by atoms with Gasteiger partial charge in [0.15, 0.2) is 6.10 Å². The molecule has 0 N–H and O–H groups in total. The topological polar surface area (TPSA) is 78.9 Å². The van der Waals surface area contributed by atoms with Crippen molar-refractivity contribution in [3.05, 3.63) is 97.2 Å². The first-order chi connectivity index (χ1) is 36.5. The van der Waals surface area contributed by atoms with Gasteiger partial charge in [0.05, 0.1) is 0 Å². The molecule has 0 radical (unpaired) electrons. The van der Waals surface area contributed by atoms with Crippen LogP contribution in [0.4, 0.5) is 0 Å². The maximum Gasteiger partial charge on any atom is 0.306 e. The summed E-state index contributed by atoms with van der Waals surface area (Å²) < 4.78 is 16.9. The van der Waals surface area contributed by atoms with Crippen LogP contribution in [0.2, 0.25) is 0 Å². The minimum Gasteiger partial charge on any atom is -0.462 e. The molecule has 0 aromatic rings. The molecule has 0 aliphatic heterocycles.